The van der Waals surface area contributed by atoms with Crippen LogP contribution in [0.4, 0.5) is 0 Å². The number of methoxy groups -OCH3 is 2. The molecule has 1 rings (SSSR count). The average molecular weight is 237 g/mol. The van der Waals surface area contributed by atoms with Crippen molar-refractivity contribution in [2.45, 2.75) is 25.8 Å². The molecule has 0 bridgehead atoms. The van der Waals surface area contributed by atoms with Crippen LogP contribution in [0.2, 0.25) is 0 Å². The third kappa shape index (κ3) is 5.20. The highest BCUT2D eigenvalue weighted by Crippen LogP contribution is 2.18. The van der Waals surface area contributed by atoms with E-state index in [1.165, 1.54) is 5.56 Å². The van der Waals surface area contributed by atoms with E-state index >= 15 is 0 Å². The molecule has 17 heavy (non-hydrogen) atoms. The van der Waals surface area contributed by atoms with Crippen LogP contribution < -0.4 is 10.1 Å². The summed E-state index contributed by atoms with van der Waals surface area (Å²) in [6, 6.07) is 8.54. The molecule has 0 aliphatic carbocycles. The third-order valence-corrected chi connectivity index (χ3v) is 2.82. The van der Waals surface area contributed by atoms with Crippen LogP contribution in [-0.2, 0) is 4.74 Å². The van der Waals surface area contributed by atoms with Gasteiger partial charge in [-0.2, -0.15) is 0 Å². The van der Waals surface area contributed by atoms with Gasteiger partial charge in [-0.1, -0.05) is 12.1 Å². The summed E-state index contributed by atoms with van der Waals surface area (Å²) >= 11 is 0. The van der Waals surface area contributed by atoms with Gasteiger partial charge in [0.25, 0.3) is 0 Å². The maximum atomic E-state index is 5.22. The minimum absolute atomic E-state index is 0.354. The van der Waals surface area contributed by atoms with Gasteiger partial charge in [-0.25, -0.2) is 0 Å². The molecule has 1 aromatic rings. The Morgan fingerprint density at radius 1 is 1.24 bits per heavy atom. The molecule has 0 heterocycles. The molecule has 3 heteroatoms. The van der Waals surface area contributed by atoms with Crippen molar-refractivity contribution in [2.75, 3.05) is 27.4 Å². The summed E-state index contributed by atoms with van der Waals surface area (Å²) in [6.07, 6.45) is 2.25. The van der Waals surface area contributed by atoms with E-state index in [4.69, 9.17) is 9.47 Å². The first-order valence-electron chi connectivity index (χ1n) is 6.14. The Morgan fingerprint density at radius 3 is 2.76 bits per heavy atom. The Bertz CT molecular complexity index is 315. The van der Waals surface area contributed by atoms with Crippen LogP contribution in [0.25, 0.3) is 0 Å². The Morgan fingerprint density at radius 2 is 2.06 bits per heavy atom. The highest BCUT2D eigenvalue weighted by Gasteiger charge is 2.04. The Balaban J connectivity index is 2.33. The summed E-state index contributed by atoms with van der Waals surface area (Å²) in [5, 5.41) is 3.50. The van der Waals surface area contributed by atoms with Gasteiger partial charge < -0.3 is 14.8 Å². The molecular weight excluding hydrogens is 214 g/mol. The number of hydrogen-bond donors (Lipinski definition) is 1. The summed E-state index contributed by atoms with van der Waals surface area (Å²) in [6.45, 7) is 4.03. The van der Waals surface area contributed by atoms with Crippen molar-refractivity contribution >= 4 is 0 Å². The monoisotopic (exact) mass is 237 g/mol. The first kappa shape index (κ1) is 14.0. The van der Waals surface area contributed by atoms with E-state index in [9.17, 15) is 0 Å². The van der Waals surface area contributed by atoms with E-state index in [-0.39, 0.29) is 0 Å². The van der Waals surface area contributed by atoms with Gasteiger partial charge in [0.2, 0.25) is 0 Å². The molecule has 0 amide bonds. The van der Waals surface area contributed by atoms with Gasteiger partial charge in [-0.05, 0) is 44.0 Å². The number of nitrogens with one attached hydrogen (secondary N) is 1. The van der Waals surface area contributed by atoms with Crippen molar-refractivity contribution < 1.29 is 9.47 Å². The molecule has 1 aromatic carbocycles. The van der Waals surface area contributed by atoms with E-state index < -0.39 is 0 Å². The Hall–Kier alpha value is -1.06. The number of hydrogen-bond acceptors (Lipinski definition) is 3. The van der Waals surface area contributed by atoms with Crippen molar-refractivity contribution in [3.8, 4) is 5.75 Å². The van der Waals surface area contributed by atoms with Gasteiger partial charge in [-0.15, -0.1) is 0 Å². The van der Waals surface area contributed by atoms with E-state index in [0.29, 0.717) is 6.04 Å². The van der Waals surface area contributed by atoms with Gasteiger partial charge >= 0.3 is 0 Å². The Labute approximate surface area is 104 Å². The van der Waals surface area contributed by atoms with Crippen LogP contribution in [0.1, 0.15) is 31.4 Å². The molecular formula is C14H23NO2. The first-order chi connectivity index (χ1) is 8.27. The molecule has 1 unspecified atom stereocenters. The maximum Gasteiger partial charge on any atom is 0.119 e. The lowest BCUT2D eigenvalue weighted by Gasteiger charge is -2.15. The van der Waals surface area contributed by atoms with Gasteiger partial charge in [0.1, 0.15) is 5.75 Å². The number of rotatable bonds is 8. The average Bonchev–Trinajstić information content (AvgIpc) is 2.38. The van der Waals surface area contributed by atoms with Crippen molar-refractivity contribution in [3.05, 3.63) is 29.8 Å². The van der Waals surface area contributed by atoms with Crippen molar-refractivity contribution in [3.63, 3.8) is 0 Å². The third-order valence-electron chi connectivity index (χ3n) is 2.82. The van der Waals surface area contributed by atoms with Gasteiger partial charge in [0.05, 0.1) is 7.11 Å². The maximum absolute atomic E-state index is 5.22. The van der Waals surface area contributed by atoms with E-state index in [0.717, 1.165) is 31.7 Å². The minimum Gasteiger partial charge on any atom is -0.497 e. The molecule has 0 saturated carbocycles. The SMILES string of the molecule is COCCCCNC(C)c1cccc(OC)c1. The van der Waals surface area contributed by atoms with Crippen LogP contribution >= 0.6 is 0 Å². The molecule has 0 aromatic heterocycles. The number of unbranched alkanes of at least 4 members (excludes halogenated alkanes) is 1. The zero-order valence-electron chi connectivity index (χ0n) is 11.0. The second kappa shape index (κ2) is 8.09. The van der Waals surface area contributed by atoms with Gasteiger partial charge in [-0.3, -0.25) is 0 Å². The summed E-state index contributed by atoms with van der Waals surface area (Å²) in [7, 11) is 3.44. The zero-order valence-corrected chi connectivity index (χ0v) is 11.0. The fourth-order valence-electron chi connectivity index (χ4n) is 1.72. The molecule has 0 aliphatic heterocycles. The lowest BCUT2D eigenvalue weighted by Crippen LogP contribution is -2.20. The van der Waals surface area contributed by atoms with Crippen molar-refractivity contribution in [2.24, 2.45) is 0 Å². The van der Waals surface area contributed by atoms with Gasteiger partial charge in [0, 0.05) is 19.8 Å². The number of ether oxygens (including phenoxy) is 2. The molecule has 3 nitrogen and oxygen atoms in total. The van der Waals surface area contributed by atoms with Crippen molar-refractivity contribution in [1.82, 2.24) is 5.32 Å². The summed E-state index contributed by atoms with van der Waals surface area (Å²) in [5.41, 5.74) is 1.26. The van der Waals surface area contributed by atoms with E-state index in [1.54, 1.807) is 14.2 Å². The predicted molar refractivity (Wildman–Crippen MR) is 70.5 cm³/mol. The van der Waals surface area contributed by atoms with Gasteiger partial charge in [0.15, 0.2) is 0 Å². The molecule has 0 aliphatic rings. The fourth-order valence-corrected chi connectivity index (χ4v) is 1.72. The fraction of sp³-hybridized carbons (Fsp3) is 0.571. The standard InChI is InChI=1S/C14H23NO2/c1-12(15-9-4-5-10-16-2)13-7-6-8-14(11-13)17-3/h6-8,11-12,15H,4-5,9-10H2,1-3H3. The first-order valence-corrected chi connectivity index (χ1v) is 6.14. The van der Waals surface area contributed by atoms with Crippen LogP contribution in [0.5, 0.6) is 5.75 Å². The van der Waals surface area contributed by atoms with Crippen molar-refractivity contribution in [1.29, 1.82) is 0 Å². The lowest BCUT2D eigenvalue weighted by molar-refractivity contribution is 0.192. The van der Waals surface area contributed by atoms with Crippen LogP contribution in [0, 0.1) is 0 Å². The second-order valence-electron chi connectivity index (χ2n) is 4.15. The highest BCUT2D eigenvalue weighted by atomic mass is 16.5. The van der Waals surface area contributed by atoms with E-state index in [2.05, 4.69) is 24.4 Å². The normalized spacial score (nSPS) is 12.4. The molecule has 0 spiro atoms. The molecule has 96 valence electrons. The smallest absolute Gasteiger partial charge is 0.119 e. The minimum atomic E-state index is 0.354. The predicted octanol–water partition coefficient (Wildman–Crippen LogP) is 2.77. The quantitative estimate of drug-likeness (QED) is 0.705. The largest absolute Gasteiger partial charge is 0.497 e. The second-order valence-corrected chi connectivity index (χ2v) is 4.15. The molecule has 0 fully saturated rings. The zero-order chi connectivity index (χ0) is 12.5. The summed E-state index contributed by atoms with van der Waals surface area (Å²) < 4.78 is 10.2. The Kier molecular flexibility index (Phi) is 6.67. The molecule has 0 radical (unpaired) electrons. The summed E-state index contributed by atoms with van der Waals surface area (Å²) in [5.74, 6) is 0.913. The summed E-state index contributed by atoms with van der Waals surface area (Å²) in [4.78, 5) is 0. The topological polar surface area (TPSA) is 30.5 Å². The molecule has 1 atom stereocenters. The van der Waals surface area contributed by atoms with Crippen LogP contribution in [0.15, 0.2) is 24.3 Å². The van der Waals surface area contributed by atoms with E-state index in [1.807, 2.05) is 12.1 Å². The van der Waals surface area contributed by atoms with Crippen LogP contribution in [-0.4, -0.2) is 27.4 Å². The van der Waals surface area contributed by atoms with Crippen LogP contribution in [0.3, 0.4) is 0 Å². The number of benzene rings is 1. The molecule has 0 saturated heterocycles. The molecule has 1 N–H and O–H groups in total. The lowest BCUT2D eigenvalue weighted by atomic mass is 10.1. The highest BCUT2D eigenvalue weighted by molar-refractivity contribution is 5.30.